The molecular formula is C14H19N2O2. The summed E-state index contributed by atoms with van der Waals surface area (Å²) in [5, 5.41) is 2.51. The van der Waals surface area contributed by atoms with Crippen molar-refractivity contribution in [1.82, 2.24) is 10.2 Å². The van der Waals surface area contributed by atoms with Crippen molar-refractivity contribution in [2.24, 2.45) is 5.92 Å². The lowest BCUT2D eigenvalue weighted by atomic mass is 10.00. The first kappa shape index (κ1) is 12.9. The van der Waals surface area contributed by atoms with Gasteiger partial charge in [0, 0.05) is 13.1 Å². The molecular weight excluding hydrogens is 228 g/mol. The summed E-state index contributed by atoms with van der Waals surface area (Å²) in [4.78, 5) is 24.5. The number of nitrogens with zero attached hydrogens (tertiary/aromatic N) is 1. The molecule has 2 amide bonds. The van der Waals surface area contributed by atoms with E-state index in [4.69, 9.17) is 0 Å². The zero-order chi connectivity index (χ0) is 12.8. The number of rotatable bonds is 4. The molecule has 0 aromatic heterocycles. The van der Waals surface area contributed by atoms with E-state index in [1.54, 1.807) is 6.41 Å². The molecule has 0 aromatic carbocycles. The Morgan fingerprint density at radius 1 is 1.39 bits per heavy atom. The topological polar surface area (TPSA) is 49.4 Å². The van der Waals surface area contributed by atoms with E-state index in [1.165, 1.54) is 0 Å². The maximum atomic E-state index is 12.3. The molecule has 1 N–H and O–H groups in total. The van der Waals surface area contributed by atoms with Crippen molar-refractivity contribution in [1.29, 1.82) is 0 Å². The first-order chi connectivity index (χ1) is 8.81. The highest BCUT2D eigenvalue weighted by atomic mass is 16.2. The van der Waals surface area contributed by atoms with Crippen molar-refractivity contribution in [3.63, 3.8) is 0 Å². The number of nitrogens with one attached hydrogen (secondary N) is 1. The number of carbonyl (C=O) groups is 1. The van der Waals surface area contributed by atoms with Gasteiger partial charge in [0.25, 0.3) is 0 Å². The number of hydrogen-bond acceptors (Lipinski definition) is 2. The predicted octanol–water partition coefficient (Wildman–Crippen LogP) is 1.16. The second-order valence-electron chi connectivity index (χ2n) is 4.89. The van der Waals surface area contributed by atoms with Crippen LogP contribution in [0.2, 0.25) is 0 Å². The fourth-order valence-corrected chi connectivity index (χ4v) is 2.54. The number of hydrogen-bond donors (Lipinski definition) is 1. The molecule has 1 saturated heterocycles. The molecule has 18 heavy (non-hydrogen) atoms. The van der Waals surface area contributed by atoms with Gasteiger partial charge in [-0.1, -0.05) is 24.3 Å². The predicted molar refractivity (Wildman–Crippen MR) is 69.4 cm³/mol. The van der Waals surface area contributed by atoms with E-state index in [2.05, 4.69) is 17.5 Å². The van der Waals surface area contributed by atoms with Gasteiger partial charge in [-0.05, 0) is 31.6 Å². The third-order valence-electron chi connectivity index (χ3n) is 3.54. The van der Waals surface area contributed by atoms with Gasteiger partial charge in [-0.15, -0.1) is 0 Å². The van der Waals surface area contributed by atoms with Crippen LogP contribution in [0.25, 0.3) is 0 Å². The Hall–Kier alpha value is -1.58. The quantitative estimate of drug-likeness (QED) is 0.758. The zero-order valence-corrected chi connectivity index (χ0v) is 10.5. The molecule has 97 valence electrons. The molecule has 0 spiro atoms. The Balaban J connectivity index is 1.96. The van der Waals surface area contributed by atoms with Crippen LogP contribution in [0.4, 0.5) is 0 Å². The van der Waals surface area contributed by atoms with Gasteiger partial charge in [0.2, 0.25) is 5.91 Å². The molecule has 0 saturated carbocycles. The molecule has 4 heteroatoms. The van der Waals surface area contributed by atoms with Crippen LogP contribution in [0, 0.1) is 5.92 Å². The summed E-state index contributed by atoms with van der Waals surface area (Å²) < 4.78 is 0. The molecule has 2 rings (SSSR count). The van der Waals surface area contributed by atoms with Crippen molar-refractivity contribution in [2.75, 3.05) is 13.1 Å². The maximum absolute atomic E-state index is 12.3. The molecule has 4 nitrogen and oxygen atoms in total. The Morgan fingerprint density at radius 2 is 2.28 bits per heavy atom. The largest absolute Gasteiger partial charge is 0.340 e. The average Bonchev–Trinajstić information content (AvgIpc) is 2.56. The van der Waals surface area contributed by atoms with Gasteiger partial charge < -0.3 is 10.2 Å². The second kappa shape index (κ2) is 6.38. The molecule has 1 heterocycles. The fraction of sp³-hybridized carbons (Fsp3) is 0.571. The van der Waals surface area contributed by atoms with Gasteiger partial charge >= 0.3 is 6.41 Å². The van der Waals surface area contributed by atoms with Gasteiger partial charge in [-0.25, -0.2) is 0 Å². The summed E-state index contributed by atoms with van der Waals surface area (Å²) >= 11 is 0. The van der Waals surface area contributed by atoms with E-state index >= 15 is 0 Å². The third-order valence-corrected chi connectivity index (χ3v) is 3.54. The van der Waals surface area contributed by atoms with Crippen LogP contribution >= 0.6 is 0 Å². The van der Waals surface area contributed by atoms with E-state index in [9.17, 15) is 9.59 Å². The van der Waals surface area contributed by atoms with Crippen LogP contribution in [0.1, 0.15) is 25.7 Å². The van der Waals surface area contributed by atoms with E-state index in [0.717, 1.165) is 38.8 Å². The first-order valence-electron chi connectivity index (χ1n) is 6.56. The average molecular weight is 247 g/mol. The van der Waals surface area contributed by atoms with E-state index < -0.39 is 0 Å². The van der Waals surface area contributed by atoms with Crippen molar-refractivity contribution >= 4 is 12.3 Å². The highest BCUT2D eigenvalue weighted by Gasteiger charge is 2.27. The molecule has 1 radical (unpaired) electrons. The van der Waals surface area contributed by atoms with Crippen LogP contribution < -0.4 is 5.32 Å². The molecule has 1 fully saturated rings. The van der Waals surface area contributed by atoms with E-state index in [1.807, 2.05) is 17.1 Å². The Labute approximate surface area is 108 Å². The molecule has 1 aliphatic carbocycles. The zero-order valence-electron chi connectivity index (χ0n) is 10.5. The van der Waals surface area contributed by atoms with Crippen LogP contribution in [0.5, 0.6) is 0 Å². The van der Waals surface area contributed by atoms with Crippen molar-refractivity contribution in [2.45, 2.75) is 31.7 Å². The highest BCUT2D eigenvalue weighted by molar-refractivity contribution is 5.84. The van der Waals surface area contributed by atoms with Gasteiger partial charge in [-0.2, -0.15) is 0 Å². The summed E-state index contributed by atoms with van der Waals surface area (Å²) in [7, 11) is 0. The maximum Gasteiger partial charge on any atom is 0.309 e. The highest BCUT2D eigenvalue weighted by Crippen LogP contribution is 2.17. The Morgan fingerprint density at radius 3 is 3.00 bits per heavy atom. The standard InChI is InChI=1S/C14H19N2O2/c17-11-15-13-8-4-5-9-16(14(13)18)10-12-6-2-1-3-7-12/h1-3,6,12-13H,4-5,7-10H2,(H,15,17)/t12?,13-/m0/s1. The van der Waals surface area contributed by atoms with Gasteiger partial charge in [0.15, 0.2) is 0 Å². The third kappa shape index (κ3) is 3.22. The van der Waals surface area contributed by atoms with Crippen LogP contribution in [-0.4, -0.2) is 36.3 Å². The fourth-order valence-electron chi connectivity index (χ4n) is 2.54. The SMILES string of the molecule is O=[C]N[C@H]1CCCCN(CC2C=CC=CC2)C1=O. The normalized spacial score (nSPS) is 28.0. The minimum Gasteiger partial charge on any atom is -0.340 e. The van der Waals surface area contributed by atoms with Crippen molar-refractivity contribution in [3.05, 3.63) is 24.3 Å². The van der Waals surface area contributed by atoms with Crippen molar-refractivity contribution < 1.29 is 9.59 Å². The summed E-state index contributed by atoms with van der Waals surface area (Å²) in [5.41, 5.74) is 0. The summed E-state index contributed by atoms with van der Waals surface area (Å²) in [6.07, 6.45) is 13.7. The van der Waals surface area contributed by atoms with Gasteiger partial charge in [-0.3, -0.25) is 9.59 Å². The first-order valence-corrected chi connectivity index (χ1v) is 6.56. The van der Waals surface area contributed by atoms with Crippen LogP contribution in [0.3, 0.4) is 0 Å². The minimum atomic E-state index is -0.381. The van der Waals surface area contributed by atoms with Crippen LogP contribution in [-0.2, 0) is 9.59 Å². The molecule has 0 bridgehead atoms. The summed E-state index contributed by atoms with van der Waals surface area (Å²) in [6.45, 7) is 1.54. The lowest BCUT2D eigenvalue weighted by Crippen LogP contribution is -2.46. The Bertz CT molecular complexity index is 363. The van der Waals surface area contributed by atoms with Gasteiger partial charge in [0.05, 0.1) is 0 Å². The molecule has 2 aliphatic rings. The molecule has 1 aliphatic heterocycles. The number of likely N-dealkylation sites (tertiary alicyclic amines) is 1. The minimum absolute atomic E-state index is 0.0406. The lowest BCUT2D eigenvalue weighted by Gasteiger charge is -2.27. The van der Waals surface area contributed by atoms with Crippen molar-refractivity contribution in [3.8, 4) is 0 Å². The second-order valence-corrected chi connectivity index (χ2v) is 4.89. The molecule has 1 unspecified atom stereocenters. The number of carbonyl (C=O) groups excluding carboxylic acids is 2. The molecule has 0 aromatic rings. The van der Waals surface area contributed by atoms with E-state index in [0.29, 0.717) is 5.92 Å². The number of amides is 2. The number of allylic oxidation sites excluding steroid dienone is 3. The molecule has 2 atom stereocenters. The Kier molecular flexibility index (Phi) is 4.56. The monoisotopic (exact) mass is 247 g/mol. The van der Waals surface area contributed by atoms with E-state index in [-0.39, 0.29) is 11.9 Å². The summed E-state index contributed by atoms with van der Waals surface area (Å²) in [6, 6.07) is -0.381. The smallest absolute Gasteiger partial charge is 0.309 e. The summed E-state index contributed by atoms with van der Waals surface area (Å²) in [5.74, 6) is 0.441. The lowest BCUT2D eigenvalue weighted by molar-refractivity contribution is -0.133. The van der Waals surface area contributed by atoms with Crippen LogP contribution in [0.15, 0.2) is 24.3 Å². The van der Waals surface area contributed by atoms with Gasteiger partial charge in [0.1, 0.15) is 6.04 Å².